The summed E-state index contributed by atoms with van der Waals surface area (Å²) in [6.45, 7) is 8.00. The number of nitrogens with one attached hydrogen (secondary N) is 1. The second kappa shape index (κ2) is 6.96. The Hall–Kier alpha value is -2.59. The molecule has 26 heavy (non-hydrogen) atoms. The number of rotatable bonds is 4. The number of carbonyl (C=O) groups is 2. The highest BCUT2D eigenvalue weighted by Gasteiger charge is 2.38. The lowest BCUT2D eigenvalue weighted by molar-refractivity contribution is -0.136. The van der Waals surface area contributed by atoms with Crippen molar-refractivity contribution in [3.63, 3.8) is 0 Å². The molecule has 1 aliphatic rings. The molecule has 0 unspecified atom stereocenters. The fraction of sp³-hybridized carbons (Fsp3) is 0.238. The van der Waals surface area contributed by atoms with Gasteiger partial charge < -0.3 is 5.32 Å². The fourth-order valence-electron chi connectivity index (χ4n) is 3.02. The number of benzene rings is 2. The minimum atomic E-state index is -0.315. The lowest BCUT2D eigenvalue weighted by Gasteiger charge is -2.13. The lowest BCUT2D eigenvalue weighted by Crippen LogP contribution is -2.32. The number of hydrogen-bond acceptors (Lipinski definition) is 3. The van der Waals surface area contributed by atoms with Crippen LogP contribution in [0.4, 0.5) is 5.69 Å². The van der Waals surface area contributed by atoms with Crippen molar-refractivity contribution in [1.82, 2.24) is 4.90 Å². The number of likely N-dealkylation sites (N-methyl/N-ethyl adjacent to an activating group) is 1. The molecule has 1 aliphatic heterocycles. The summed E-state index contributed by atoms with van der Waals surface area (Å²) in [7, 11) is 0. The van der Waals surface area contributed by atoms with Crippen LogP contribution in [0.1, 0.15) is 29.2 Å². The topological polar surface area (TPSA) is 49.4 Å². The molecule has 0 atom stereocenters. The van der Waals surface area contributed by atoms with Gasteiger partial charge in [-0.3, -0.25) is 14.5 Å². The van der Waals surface area contributed by atoms with Gasteiger partial charge in [0, 0.05) is 17.3 Å². The smallest absolute Gasteiger partial charge is 0.278 e. The molecule has 0 aliphatic carbocycles. The third-order valence-corrected chi connectivity index (χ3v) is 5.22. The Morgan fingerprint density at radius 3 is 2.38 bits per heavy atom. The molecule has 4 nitrogen and oxygen atoms in total. The van der Waals surface area contributed by atoms with Crippen molar-refractivity contribution in [1.29, 1.82) is 0 Å². The maximum atomic E-state index is 12.9. The number of hydrogen-bond donors (Lipinski definition) is 1. The van der Waals surface area contributed by atoms with Crippen molar-refractivity contribution in [3.05, 3.63) is 69.4 Å². The molecule has 2 aromatic carbocycles. The first-order valence-electron chi connectivity index (χ1n) is 8.55. The molecule has 1 N–H and O–H groups in total. The summed E-state index contributed by atoms with van der Waals surface area (Å²) in [5.74, 6) is -0.590. The Morgan fingerprint density at radius 1 is 1.00 bits per heavy atom. The monoisotopic (exact) mass is 368 g/mol. The zero-order valence-electron chi connectivity index (χ0n) is 15.3. The Balaban J connectivity index is 2.15. The molecule has 3 rings (SSSR count). The van der Waals surface area contributed by atoms with Gasteiger partial charge in [-0.1, -0.05) is 35.9 Å². The van der Waals surface area contributed by atoms with Gasteiger partial charge in [0.05, 0.1) is 5.57 Å². The Kier molecular flexibility index (Phi) is 4.88. The summed E-state index contributed by atoms with van der Waals surface area (Å²) in [6, 6.07) is 11.2. The number of amides is 2. The van der Waals surface area contributed by atoms with Crippen molar-refractivity contribution in [2.75, 3.05) is 11.9 Å². The summed E-state index contributed by atoms with van der Waals surface area (Å²) < 4.78 is 0. The van der Waals surface area contributed by atoms with Crippen molar-refractivity contribution < 1.29 is 9.59 Å². The molecular weight excluding hydrogens is 348 g/mol. The van der Waals surface area contributed by atoms with E-state index in [1.165, 1.54) is 4.90 Å². The summed E-state index contributed by atoms with van der Waals surface area (Å²) in [6.07, 6.45) is 0. The van der Waals surface area contributed by atoms with E-state index in [1.807, 2.05) is 51.1 Å². The minimum Gasteiger partial charge on any atom is -0.350 e. The summed E-state index contributed by atoms with van der Waals surface area (Å²) >= 11 is 6.19. The van der Waals surface area contributed by atoms with Crippen LogP contribution >= 0.6 is 11.6 Å². The van der Waals surface area contributed by atoms with Crippen LogP contribution < -0.4 is 5.32 Å². The first kappa shape index (κ1) is 18.2. The molecule has 134 valence electrons. The van der Waals surface area contributed by atoms with Gasteiger partial charge in [-0.05, 0) is 62.1 Å². The van der Waals surface area contributed by atoms with E-state index in [9.17, 15) is 9.59 Å². The van der Waals surface area contributed by atoms with Crippen LogP contribution in [-0.4, -0.2) is 23.3 Å². The number of carbonyl (C=O) groups excluding carboxylic acids is 2. The molecule has 2 amide bonds. The van der Waals surface area contributed by atoms with Crippen LogP contribution in [0.25, 0.3) is 5.57 Å². The van der Waals surface area contributed by atoms with Gasteiger partial charge in [0.15, 0.2) is 0 Å². The van der Waals surface area contributed by atoms with Crippen molar-refractivity contribution in [3.8, 4) is 0 Å². The van der Waals surface area contributed by atoms with Crippen LogP contribution in [-0.2, 0) is 9.59 Å². The number of nitrogens with zero attached hydrogens (tertiary/aromatic N) is 1. The lowest BCUT2D eigenvalue weighted by atomic mass is 9.99. The van der Waals surface area contributed by atoms with E-state index in [4.69, 9.17) is 11.6 Å². The molecule has 0 aromatic heterocycles. The molecule has 0 fully saturated rings. The normalized spacial score (nSPS) is 14.4. The van der Waals surface area contributed by atoms with Gasteiger partial charge in [0.1, 0.15) is 5.70 Å². The molecule has 0 spiro atoms. The third-order valence-electron chi connectivity index (χ3n) is 4.81. The molecule has 1 heterocycles. The fourth-order valence-corrected chi connectivity index (χ4v) is 3.20. The molecule has 0 saturated heterocycles. The highest BCUT2D eigenvalue weighted by atomic mass is 35.5. The van der Waals surface area contributed by atoms with Crippen molar-refractivity contribution >= 4 is 34.7 Å². The average Bonchev–Trinajstić information content (AvgIpc) is 2.84. The van der Waals surface area contributed by atoms with Gasteiger partial charge in [-0.2, -0.15) is 0 Å². The predicted molar refractivity (Wildman–Crippen MR) is 105 cm³/mol. The molecule has 0 saturated carbocycles. The molecule has 5 heteroatoms. The molecule has 0 radical (unpaired) electrons. The summed E-state index contributed by atoms with van der Waals surface area (Å²) in [4.78, 5) is 27.0. The molecule has 2 aromatic rings. The van der Waals surface area contributed by atoms with Gasteiger partial charge in [0.25, 0.3) is 11.8 Å². The van der Waals surface area contributed by atoms with Gasteiger partial charge >= 0.3 is 0 Å². The van der Waals surface area contributed by atoms with Crippen LogP contribution in [0.5, 0.6) is 0 Å². The minimum absolute atomic E-state index is 0.275. The first-order valence-corrected chi connectivity index (χ1v) is 8.93. The number of aryl methyl sites for hydroxylation is 2. The quantitative estimate of drug-likeness (QED) is 0.809. The van der Waals surface area contributed by atoms with E-state index in [-0.39, 0.29) is 11.8 Å². The van der Waals surface area contributed by atoms with E-state index < -0.39 is 0 Å². The average molecular weight is 369 g/mol. The van der Waals surface area contributed by atoms with Crippen LogP contribution in [0.3, 0.4) is 0 Å². The molecular formula is C21H21ClN2O2. The van der Waals surface area contributed by atoms with Gasteiger partial charge in [-0.25, -0.2) is 0 Å². The summed E-state index contributed by atoms with van der Waals surface area (Å²) in [5, 5.41) is 3.76. The van der Waals surface area contributed by atoms with Crippen LogP contribution in [0.2, 0.25) is 5.02 Å². The zero-order chi connectivity index (χ0) is 19.0. The highest BCUT2D eigenvalue weighted by Crippen LogP contribution is 2.33. The number of anilines is 1. The van der Waals surface area contributed by atoms with Crippen molar-refractivity contribution in [2.24, 2.45) is 0 Å². The highest BCUT2D eigenvalue weighted by molar-refractivity contribution is 6.36. The maximum absolute atomic E-state index is 12.9. The molecule has 0 bridgehead atoms. The Morgan fingerprint density at radius 2 is 1.73 bits per heavy atom. The predicted octanol–water partition coefficient (Wildman–Crippen LogP) is 4.48. The number of halogens is 1. The van der Waals surface area contributed by atoms with Crippen molar-refractivity contribution in [2.45, 2.75) is 27.7 Å². The van der Waals surface area contributed by atoms with Crippen LogP contribution in [0, 0.1) is 20.8 Å². The second-order valence-electron chi connectivity index (χ2n) is 6.44. The van der Waals surface area contributed by atoms with E-state index in [2.05, 4.69) is 5.32 Å². The Labute approximate surface area is 158 Å². The standard InChI is InChI=1S/C21H21ClN2O2/c1-5-24-20(25)18(15-10-9-12(2)13(3)11-15)19(21(24)26)23-17-8-6-7-16(22)14(17)4/h6-11,23H,5H2,1-4H3. The number of imide groups is 1. The second-order valence-corrected chi connectivity index (χ2v) is 6.85. The van der Waals surface area contributed by atoms with E-state index in [0.717, 1.165) is 22.3 Å². The van der Waals surface area contributed by atoms with Crippen LogP contribution in [0.15, 0.2) is 42.1 Å². The third kappa shape index (κ3) is 3.01. The zero-order valence-corrected chi connectivity index (χ0v) is 16.1. The van der Waals surface area contributed by atoms with Gasteiger partial charge in [0.2, 0.25) is 0 Å². The Bertz CT molecular complexity index is 947. The first-order chi connectivity index (χ1) is 12.3. The van der Waals surface area contributed by atoms with E-state index >= 15 is 0 Å². The summed E-state index contributed by atoms with van der Waals surface area (Å²) in [5.41, 5.74) is 5.20. The SMILES string of the molecule is CCN1C(=O)C(Nc2cccc(Cl)c2C)=C(c2ccc(C)c(C)c2)C1=O. The van der Waals surface area contributed by atoms with Gasteiger partial charge in [-0.15, -0.1) is 0 Å². The van der Waals surface area contributed by atoms with E-state index in [1.54, 1.807) is 13.0 Å². The van der Waals surface area contributed by atoms with E-state index in [0.29, 0.717) is 28.5 Å². The maximum Gasteiger partial charge on any atom is 0.278 e. The largest absolute Gasteiger partial charge is 0.350 e.